The van der Waals surface area contributed by atoms with Gasteiger partial charge in [0.2, 0.25) is 0 Å². The summed E-state index contributed by atoms with van der Waals surface area (Å²) in [7, 11) is 0. The van der Waals surface area contributed by atoms with Crippen molar-refractivity contribution >= 4 is 51.1 Å². The molecule has 9 heteroatoms. The average molecular weight is 500 g/mol. The Hall–Kier alpha value is -3.17. The van der Waals surface area contributed by atoms with Crippen molar-refractivity contribution in [1.29, 1.82) is 0 Å². The van der Waals surface area contributed by atoms with Crippen LogP contribution in [0.5, 0.6) is 5.75 Å². The Morgan fingerprint density at radius 3 is 2.74 bits per heavy atom. The molecule has 1 N–H and O–H groups in total. The van der Waals surface area contributed by atoms with Gasteiger partial charge in [-0.3, -0.25) is 9.69 Å². The summed E-state index contributed by atoms with van der Waals surface area (Å²) < 4.78 is 19.3. The number of halogens is 2. The number of hydrogen-bond acceptors (Lipinski definition) is 6. The van der Waals surface area contributed by atoms with Crippen molar-refractivity contribution in [3.05, 3.63) is 92.9 Å². The molecule has 2 heterocycles. The number of amides is 1. The second kappa shape index (κ2) is 9.32. The van der Waals surface area contributed by atoms with Gasteiger partial charge in [0.25, 0.3) is 5.91 Å². The third-order valence-corrected chi connectivity index (χ3v) is 5.77. The molecule has 1 aromatic heterocycles. The predicted octanol–water partition coefficient (Wildman–Crippen LogP) is 5.39. The first kappa shape index (κ1) is 21.1. The quantitative estimate of drug-likeness (QED) is 0.289. The van der Waals surface area contributed by atoms with Crippen molar-refractivity contribution in [1.82, 2.24) is 4.90 Å². The number of aromatic hydroxyl groups is 1. The summed E-state index contributed by atoms with van der Waals surface area (Å²) in [5.74, 6) is 0.0503. The van der Waals surface area contributed by atoms with Crippen LogP contribution >= 0.6 is 27.7 Å². The normalized spacial score (nSPS) is 16.8. The number of phenolic OH excluding ortho intramolecular Hbond substituents is 1. The highest BCUT2D eigenvalue weighted by molar-refractivity contribution is 9.10. The summed E-state index contributed by atoms with van der Waals surface area (Å²) >= 11 is 4.50. The molecule has 31 heavy (non-hydrogen) atoms. The Balaban J connectivity index is 1.63. The minimum absolute atomic E-state index is 0.0617. The number of hydrogen-bond donors (Lipinski definition) is 1. The van der Waals surface area contributed by atoms with Crippen molar-refractivity contribution in [2.75, 3.05) is 0 Å². The van der Waals surface area contributed by atoms with Crippen molar-refractivity contribution in [3.63, 3.8) is 0 Å². The molecule has 1 amide bonds. The van der Waals surface area contributed by atoms with Crippen LogP contribution in [0.3, 0.4) is 0 Å². The molecule has 0 aliphatic carbocycles. The first-order valence-corrected chi connectivity index (χ1v) is 10.7. The van der Waals surface area contributed by atoms with Gasteiger partial charge in [0.1, 0.15) is 17.3 Å². The Morgan fingerprint density at radius 2 is 2.00 bits per heavy atom. The van der Waals surface area contributed by atoms with Crippen molar-refractivity contribution in [3.8, 4) is 5.75 Å². The lowest BCUT2D eigenvalue weighted by Crippen LogP contribution is -2.28. The Morgan fingerprint density at radius 1 is 1.19 bits per heavy atom. The van der Waals surface area contributed by atoms with Gasteiger partial charge in [-0.15, -0.1) is 5.10 Å². The average Bonchev–Trinajstić information content (AvgIpc) is 3.36. The lowest BCUT2D eigenvalue weighted by molar-refractivity contribution is -0.122. The first-order chi connectivity index (χ1) is 15.0. The maximum atomic E-state index is 13.2. The molecule has 0 spiro atoms. The number of benzene rings is 2. The minimum atomic E-state index is -0.348. The van der Waals surface area contributed by atoms with E-state index in [1.54, 1.807) is 48.5 Å². The maximum absolute atomic E-state index is 13.2. The Kier molecular flexibility index (Phi) is 6.34. The number of amidine groups is 1. The fourth-order valence-corrected chi connectivity index (χ4v) is 4.07. The molecule has 0 atom stereocenters. The number of phenols is 1. The van der Waals surface area contributed by atoms with Crippen LogP contribution in [0.25, 0.3) is 6.08 Å². The molecule has 0 unspecified atom stereocenters. The van der Waals surface area contributed by atoms with E-state index in [4.69, 9.17) is 4.42 Å². The van der Waals surface area contributed by atoms with Crippen LogP contribution in [0.15, 0.2) is 84.9 Å². The van der Waals surface area contributed by atoms with Crippen molar-refractivity contribution in [2.24, 2.45) is 10.2 Å². The van der Waals surface area contributed by atoms with Crippen molar-refractivity contribution < 1.29 is 18.7 Å². The number of thioether (sulfide) groups is 1. The number of carbonyl (C=O) groups is 1. The highest BCUT2D eigenvalue weighted by Gasteiger charge is 2.34. The van der Waals surface area contributed by atoms with Crippen LogP contribution in [0.4, 0.5) is 4.39 Å². The summed E-state index contributed by atoms with van der Waals surface area (Å²) in [5.41, 5.74) is 1.17. The molecule has 4 rings (SSSR count). The zero-order valence-electron chi connectivity index (χ0n) is 15.9. The molecule has 1 aliphatic rings. The fourth-order valence-electron chi connectivity index (χ4n) is 2.76. The highest BCUT2D eigenvalue weighted by Crippen LogP contribution is 2.34. The van der Waals surface area contributed by atoms with Gasteiger partial charge in [0.15, 0.2) is 5.17 Å². The van der Waals surface area contributed by atoms with E-state index in [-0.39, 0.29) is 24.0 Å². The zero-order valence-corrected chi connectivity index (χ0v) is 18.3. The van der Waals surface area contributed by atoms with Gasteiger partial charge in [-0.2, -0.15) is 5.10 Å². The molecule has 1 aliphatic heterocycles. The molecule has 0 radical (unpaired) electrons. The number of nitrogens with zero attached hydrogens (tertiary/aromatic N) is 3. The first-order valence-electron chi connectivity index (χ1n) is 9.08. The van der Waals surface area contributed by atoms with Crippen LogP contribution in [0.1, 0.15) is 16.9 Å². The van der Waals surface area contributed by atoms with E-state index in [0.29, 0.717) is 27.0 Å². The number of carbonyl (C=O) groups excluding carboxylic acids is 1. The van der Waals surface area contributed by atoms with E-state index in [1.807, 2.05) is 0 Å². The van der Waals surface area contributed by atoms with Crippen molar-refractivity contribution in [2.45, 2.75) is 6.54 Å². The standard InChI is InChI=1S/C22H15BrFN3O3S/c23-16-5-8-19(28)15(11-16)12-25-26-22-27(13-18-2-1-9-30-18)21(29)20(31-22)10-14-3-6-17(24)7-4-14/h1-12,28H,13H2/b20-10-,25-12+,26-22-. The molecule has 3 aromatic rings. The summed E-state index contributed by atoms with van der Waals surface area (Å²) in [6.07, 6.45) is 4.61. The predicted molar refractivity (Wildman–Crippen MR) is 122 cm³/mol. The number of furan rings is 1. The van der Waals surface area contributed by atoms with E-state index >= 15 is 0 Å². The van der Waals surface area contributed by atoms with Gasteiger partial charge < -0.3 is 9.52 Å². The van der Waals surface area contributed by atoms with E-state index in [1.165, 1.54) is 29.5 Å². The van der Waals surface area contributed by atoms with Crippen LogP contribution in [0, 0.1) is 5.82 Å². The summed E-state index contributed by atoms with van der Waals surface area (Å²) in [5, 5.41) is 18.5. The van der Waals surface area contributed by atoms with E-state index in [2.05, 4.69) is 26.1 Å². The van der Waals surface area contributed by atoms with Crippen LogP contribution < -0.4 is 0 Å². The number of rotatable bonds is 5. The third kappa shape index (κ3) is 5.12. The summed E-state index contributed by atoms with van der Waals surface area (Å²) in [4.78, 5) is 14.9. The molecule has 1 saturated heterocycles. The summed E-state index contributed by atoms with van der Waals surface area (Å²) in [6, 6.07) is 14.3. The zero-order chi connectivity index (χ0) is 21.8. The van der Waals surface area contributed by atoms with E-state index < -0.39 is 0 Å². The van der Waals surface area contributed by atoms with Crippen LogP contribution in [-0.4, -0.2) is 27.3 Å². The molecule has 1 fully saturated rings. The van der Waals surface area contributed by atoms with E-state index in [0.717, 1.165) is 16.2 Å². The van der Waals surface area contributed by atoms with Gasteiger partial charge in [0.05, 0.1) is 23.9 Å². The largest absolute Gasteiger partial charge is 0.507 e. The summed E-state index contributed by atoms with van der Waals surface area (Å²) in [6.45, 7) is 0.191. The molecular weight excluding hydrogens is 485 g/mol. The molecule has 2 aromatic carbocycles. The van der Waals surface area contributed by atoms with Gasteiger partial charge in [0, 0.05) is 10.0 Å². The Bertz CT molecular complexity index is 1190. The third-order valence-electron chi connectivity index (χ3n) is 4.28. The minimum Gasteiger partial charge on any atom is -0.507 e. The molecule has 0 saturated carbocycles. The molecule has 6 nitrogen and oxygen atoms in total. The second-order valence-corrected chi connectivity index (χ2v) is 8.39. The van der Waals surface area contributed by atoms with Gasteiger partial charge >= 0.3 is 0 Å². The lowest BCUT2D eigenvalue weighted by atomic mass is 10.2. The highest BCUT2D eigenvalue weighted by atomic mass is 79.9. The SMILES string of the molecule is O=C1/C(=C/c2ccc(F)cc2)S/C(=N\N=C\c2cc(Br)ccc2O)N1Cc1ccco1. The smallest absolute Gasteiger partial charge is 0.267 e. The topological polar surface area (TPSA) is 78.4 Å². The molecular formula is C22H15BrFN3O3S. The molecule has 156 valence electrons. The van der Waals surface area contributed by atoms with E-state index in [9.17, 15) is 14.3 Å². The van der Waals surface area contributed by atoms with Crippen LogP contribution in [0.2, 0.25) is 0 Å². The van der Waals surface area contributed by atoms with Crippen LogP contribution in [-0.2, 0) is 11.3 Å². The van der Waals surface area contributed by atoms with Gasteiger partial charge in [-0.25, -0.2) is 4.39 Å². The van der Waals surface area contributed by atoms with Gasteiger partial charge in [-0.05, 0) is 65.9 Å². The fraction of sp³-hybridized carbons (Fsp3) is 0.0455. The second-order valence-electron chi connectivity index (χ2n) is 6.46. The Labute approximate surface area is 189 Å². The molecule has 0 bridgehead atoms. The lowest BCUT2D eigenvalue weighted by Gasteiger charge is -2.12. The van der Waals surface area contributed by atoms with Gasteiger partial charge in [-0.1, -0.05) is 28.1 Å². The maximum Gasteiger partial charge on any atom is 0.267 e. The monoisotopic (exact) mass is 499 g/mol.